The van der Waals surface area contributed by atoms with Crippen LogP contribution in [0.2, 0.25) is 0 Å². The Balaban J connectivity index is 1.38. The second-order valence-electron chi connectivity index (χ2n) is 7.43. The number of aromatic nitrogens is 1. The fourth-order valence-corrected chi connectivity index (χ4v) is 4.17. The number of hydrogen-bond acceptors (Lipinski definition) is 6. The minimum Gasteiger partial charge on any atom is -0.338 e. The van der Waals surface area contributed by atoms with E-state index in [2.05, 4.69) is 26.5 Å². The molecule has 0 spiro atoms. The second kappa shape index (κ2) is 6.83. The van der Waals surface area contributed by atoms with Gasteiger partial charge in [0.1, 0.15) is 6.67 Å². The van der Waals surface area contributed by atoms with Crippen LogP contribution in [0.1, 0.15) is 30.1 Å². The monoisotopic (exact) mass is 374 g/mol. The number of nitrogens with zero attached hydrogens (tertiary/aromatic N) is 5. The van der Waals surface area contributed by atoms with Gasteiger partial charge >= 0.3 is 0 Å². The number of aliphatic imine (C=N–C) groups is 2. The van der Waals surface area contributed by atoms with Gasteiger partial charge in [0.25, 0.3) is 5.91 Å². The predicted octanol–water partition coefficient (Wildman–Crippen LogP) is 2.58. The van der Waals surface area contributed by atoms with E-state index in [9.17, 15) is 4.79 Å². The summed E-state index contributed by atoms with van der Waals surface area (Å²) in [5.74, 6) is 1.07. The summed E-state index contributed by atoms with van der Waals surface area (Å²) in [4.78, 5) is 28.4. The number of fused-ring (bicyclic) bond motifs is 2. The Morgan fingerprint density at radius 1 is 1.29 bits per heavy atom. The summed E-state index contributed by atoms with van der Waals surface area (Å²) in [6.07, 6.45) is 5.92. The summed E-state index contributed by atoms with van der Waals surface area (Å²) < 4.78 is 0. The molecular weight excluding hydrogens is 352 g/mol. The van der Waals surface area contributed by atoms with Crippen molar-refractivity contribution in [2.75, 3.05) is 19.8 Å². The molecule has 1 aromatic carbocycles. The van der Waals surface area contributed by atoms with Crippen LogP contribution >= 0.6 is 0 Å². The zero-order valence-electron chi connectivity index (χ0n) is 15.8. The van der Waals surface area contributed by atoms with Gasteiger partial charge in [-0.1, -0.05) is 6.07 Å². The van der Waals surface area contributed by atoms with Crippen LogP contribution in [0.3, 0.4) is 0 Å². The predicted molar refractivity (Wildman–Crippen MR) is 109 cm³/mol. The van der Waals surface area contributed by atoms with E-state index in [1.165, 1.54) is 0 Å². The number of nitrogens with one attached hydrogen (secondary N) is 1. The number of guanidine groups is 1. The van der Waals surface area contributed by atoms with Gasteiger partial charge in [0.2, 0.25) is 5.96 Å². The van der Waals surface area contributed by atoms with E-state index in [-0.39, 0.29) is 11.8 Å². The number of carbonyl (C=O) groups excluding carboxylic acids is 1. The molecule has 5 rings (SSSR count). The van der Waals surface area contributed by atoms with E-state index in [0.29, 0.717) is 13.2 Å². The summed E-state index contributed by atoms with van der Waals surface area (Å²) in [5.41, 5.74) is 7.01. The molecule has 1 atom stereocenters. The van der Waals surface area contributed by atoms with Crippen LogP contribution < -0.4 is 5.43 Å². The molecule has 28 heavy (non-hydrogen) atoms. The number of hydrogen-bond donors (Lipinski definition) is 1. The molecule has 4 heterocycles. The van der Waals surface area contributed by atoms with Crippen LogP contribution in [0.15, 0.2) is 58.3 Å². The molecule has 2 aromatic rings. The summed E-state index contributed by atoms with van der Waals surface area (Å²) in [6, 6.07) is 9.63. The summed E-state index contributed by atoms with van der Waals surface area (Å²) in [5, 5.41) is 2.97. The van der Waals surface area contributed by atoms with Crippen molar-refractivity contribution in [2.24, 2.45) is 15.9 Å². The highest BCUT2D eigenvalue weighted by atomic mass is 16.2. The van der Waals surface area contributed by atoms with Gasteiger partial charge < -0.3 is 4.90 Å². The topological polar surface area (TPSA) is 73.2 Å². The molecule has 7 heteroatoms. The highest BCUT2D eigenvalue weighted by molar-refractivity contribution is 6.05. The van der Waals surface area contributed by atoms with Crippen molar-refractivity contribution in [1.29, 1.82) is 0 Å². The Bertz CT molecular complexity index is 1040. The van der Waals surface area contributed by atoms with E-state index >= 15 is 0 Å². The highest BCUT2D eigenvalue weighted by Gasteiger charge is 2.33. The van der Waals surface area contributed by atoms with Crippen molar-refractivity contribution < 1.29 is 4.79 Å². The number of carbonyl (C=O) groups is 1. The number of piperidine rings is 1. The third kappa shape index (κ3) is 2.97. The Morgan fingerprint density at radius 2 is 2.21 bits per heavy atom. The Hall–Kier alpha value is -3.06. The average Bonchev–Trinajstić information content (AvgIpc) is 3.20. The van der Waals surface area contributed by atoms with Crippen molar-refractivity contribution in [3.05, 3.63) is 53.9 Å². The van der Waals surface area contributed by atoms with Crippen molar-refractivity contribution >= 4 is 28.5 Å². The smallest absolute Gasteiger partial charge is 0.253 e. The third-order valence-corrected chi connectivity index (χ3v) is 5.52. The molecule has 0 saturated carbocycles. The van der Waals surface area contributed by atoms with Gasteiger partial charge in [0.05, 0.1) is 5.52 Å². The van der Waals surface area contributed by atoms with Gasteiger partial charge in [0.15, 0.2) is 0 Å². The Kier molecular flexibility index (Phi) is 4.16. The van der Waals surface area contributed by atoms with Crippen LogP contribution in [-0.2, 0) is 0 Å². The largest absolute Gasteiger partial charge is 0.338 e. The number of benzene rings is 1. The quantitative estimate of drug-likeness (QED) is 0.877. The Morgan fingerprint density at radius 3 is 3.14 bits per heavy atom. The van der Waals surface area contributed by atoms with Gasteiger partial charge in [-0.15, -0.1) is 0 Å². The van der Waals surface area contributed by atoms with Crippen LogP contribution in [0.5, 0.6) is 0 Å². The summed E-state index contributed by atoms with van der Waals surface area (Å²) >= 11 is 0. The molecular formula is C21H22N6O. The fraction of sp³-hybridized carbons (Fsp3) is 0.333. The zero-order chi connectivity index (χ0) is 19.1. The van der Waals surface area contributed by atoms with Crippen molar-refractivity contribution in [3.8, 4) is 0 Å². The lowest BCUT2D eigenvalue weighted by Gasteiger charge is -2.37. The maximum absolute atomic E-state index is 13.2. The minimum atomic E-state index is 0.0838. The number of hydrazine groups is 1. The maximum atomic E-state index is 13.2. The van der Waals surface area contributed by atoms with E-state index in [0.717, 1.165) is 53.2 Å². The zero-order valence-corrected chi connectivity index (χ0v) is 15.8. The first-order valence-electron chi connectivity index (χ1n) is 9.68. The summed E-state index contributed by atoms with van der Waals surface area (Å²) in [7, 11) is 0. The first kappa shape index (κ1) is 17.1. The minimum absolute atomic E-state index is 0.0838. The first-order valence-corrected chi connectivity index (χ1v) is 9.68. The molecule has 1 fully saturated rings. The van der Waals surface area contributed by atoms with Crippen LogP contribution in [0.25, 0.3) is 10.9 Å². The molecule has 3 aliphatic rings. The van der Waals surface area contributed by atoms with Crippen LogP contribution in [0, 0.1) is 5.92 Å². The van der Waals surface area contributed by atoms with Gasteiger partial charge in [-0.3, -0.25) is 9.78 Å². The fourth-order valence-electron chi connectivity index (χ4n) is 4.17. The van der Waals surface area contributed by atoms with Crippen LogP contribution in [-0.4, -0.2) is 52.2 Å². The number of likely N-dealkylation sites (tertiary alicyclic amines) is 1. The summed E-state index contributed by atoms with van der Waals surface area (Å²) in [6.45, 7) is 4.03. The maximum Gasteiger partial charge on any atom is 0.253 e. The third-order valence-electron chi connectivity index (χ3n) is 5.52. The van der Waals surface area contributed by atoms with Crippen LogP contribution in [0.4, 0.5) is 0 Å². The molecule has 1 unspecified atom stereocenters. The molecule has 3 aliphatic heterocycles. The van der Waals surface area contributed by atoms with Gasteiger partial charge in [-0.25, -0.2) is 20.4 Å². The molecule has 1 saturated heterocycles. The molecule has 0 radical (unpaired) electrons. The van der Waals surface area contributed by atoms with E-state index < -0.39 is 0 Å². The second-order valence-corrected chi connectivity index (χ2v) is 7.43. The highest BCUT2D eigenvalue weighted by Crippen LogP contribution is 2.29. The SMILES string of the molecule is CC1=NC2=NCNN2C(C2CCCN(C(=O)c3ccc4ncccc4c3)C2)=C1. The molecule has 1 N–H and O–H groups in total. The normalized spacial score (nSPS) is 21.9. The molecule has 0 bridgehead atoms. The average molecular weight is 374 g/mol. The van der Waals surface area contributed by atoms with Crippen molar-refractivity contribution in [1.82, 2.24) is 20.3 Å². The standard InChI is InChI=1S/C21H22N6O/c1-14-10-19(27-21(25-14)23-13-24-27)17-5-3-9-26(12-17)20(28)16-6-7-18-15(11-16)4-2-8-22-18/h2,4,6-8,10-11,17,24H,3,5,9,12-13H2,1H3. The first-order chi connectivity index (χ1) is 13.7. The number of allylic oxidation sites excluding steroid dienone is 1. The van der Waals surface area contributed by atoms with E-state index in [1.54, 1.807) is 6.20 Å². The van der Waals surface area contributed by atoms with Gasteiger partial charge in [-0.2, -0.15) is 0 Å². The molecule has 1 aromatic heterocycles. The van der Waals surface area contributed by atoms with E-state index in [1.807, 2.05) is 47.2 Å². The van der Waals surface area contributed by atoms with Crippen molar-refractivity contribution in [3.63, 3.8) is 0 Å². The van der Waals surface area contributed by atoms with Gasteiger partial charge in [0, 0.05) is 47.6 Å². The number of amides is 1. The molecule has 0 aliphatic carbocycles. The molecule has 7 nitrogen and oxygen atoms in total. The number of pyridine rings is 1. The lowest BCUT2D eigenvalue weighted by Crippen LogP contribution is -2.46. The lowest BCUT2D eigenvalue weighted by molar-refractivity contribution is 0.0679. The Labute approximate surface area is 163 Å². The molecule has 142 valence electrons. The number of rotatable bonds is 2. The lowest BCUT2D eigenvalue weighted by atomic mass is 9.92. The van der Waals surface area contributed by atoms with Gasteiger partial charge in [-0.05, 0) is 50.1 Å². The van der Waals surface area contributed by atoms with E-state index in [4.69, 9.17) is 0 Å². The molecule has 1 amide bonds. The van der Waals surface area contributed by atoms with Crippen molar-refractivity contribution in [2.45, 2.75) is 19.8 Å².